The second-order valence-electron chi connectivity index (χ2n) is 3.53. The number of fused-ring (bicyclic) bond motifs is 1. The predicted octanol–water partition coefficient (Wildman–Crippen LogP) is -0.0651. The van der Waals surface area contributed by atoms with Crippen molar-refractivity contribution in [3.05, 3.63) is 0 Å². The maximum atomic E-state index is 11.4. The van der Waals surface area contributed by atoms with Gasteiger partial charge >= 0.3 is 0 Å². The molecule has 2 fully saturated rings. The van der Waals surface area contributed by atoms with E-state index in [9.17, 15) is 8.42 Å². The van der Waals surface area contributed by atoms with E-state index < -0.39 is 10.2 Å². The molecule has 0 radical (unpaired) electrons. The van der Waals surface area contributed by atoms with Crippen LogP contribution < -0.4 is 4.72 Å². The lowest BCUT2D eigenvalue weighted by Crippen LogP contribution is -2.43. The molecule has 2 atom stereocenters. The molecule has 0 aromatic carbocycles. The third kappa shape index (κ3) is 1.26. The van der Waals surface area contributed by atoms with Crippen molar-refractivity contribution in [3.63, 3.8) is 0 Å². The molecule has 0 aromatic heterocycles. The fourth-order valence-corrected chi connectivity index (χ4v) is 3.20. The summed E-state index contributed by atoms with van der Waals surface area (Å²) in [5.74, 6) is 0.655. The van der Waals surface area contributed by atoms with Gasteiger partial charge in [0.15, 0.2) is 0 Å². The second-order valence-corrected chi connectivity index (χ2v) is 5.35. The van der Waals surface area contributed by atoms with Crippen molar-refractivity contribution in [2.75, 3.05) is 13.6 Å². The van der Waals surface area contributed by atoms with Crippen molar-refractivity contribution in [2.45, 2.75) is 25.3 Å². The topological polar surface area (TPSA) is 49.4 Å². The molecule has 70 valence electrons. The summed E-state index contributed by atoms with van der Waals surface area (Å²) in [6, 6.07) is 0.316. The lowest BCUT2D eigenvalue weighted by atomic mass is 10.2. The molecule has 1 saturated heterocycles. The molecule has 1 heterocycles. The van der Waals surface area contributed by atoms with E-state index in [1.165, 1.54) is 13.5 Å². The minimum absolute atomic E-state index is 0.316. The van der Waals surface area contributed by atoms with Gasteiger partial charge in [0, 0.05) is 19.6 Å². The average Bonchev–Trinajstić information content (AvgIpc) is 2.81. The molecule has 1 aliphatic carbocycles. The molecule has 4 nitrogen and oxygen atoms in total. The van der Waals surface area contributed by atoms with Crippen molar-refractivity contribution in [3.8, 4) is 0 Å². The van der Waals surface area contributed by atoms with Crippen molar-refractivity contribution >= 4 is 10.2 Å². The van der Waals surface area contributed by atoms with Gasteiger partial charge in [0.1, 0.15) is 0 Å². The maximum absolute atomic E-state index is 11.4. The molecular formula is C7H14N2O2S. The summed E-state index contributed by atoms with van der Waals surface area (Å²) in [7, 11) is -1.67. The van der Waals surface area contributed by atoms with E-state index in [4.69, 9.17) is 0 Å². The predicted molar refractivity (Wildman–Crippen MR) is 45.8 cm³/mol. The third-order valence-electron chi connectivity index (χ3n) is 2.78. The molecule has 1 N–H and O–H groups in total. The van der Waals surface area contributed by atoms with Crippen LogP contribution >= 0.6 is 0 Å². The average molecular weight is 190 g/mol. The molecule has 0 spiro atoms. The van der Waals surface area contributed by atoms with Crippen molar-refractivity contribution in [2.24, 2.45) is 5.92 Å². The zero-order valence-corrected chi connectivity index (χ0v) is 7.97. The minimum Gasteiger partial charge on any atom is -0.205 e. The van der Waals surface area contributed by atoms with Gasteiger partial charge in [0.25, 0.3) is 10.2 Å². The number of hydrogen-bond acceptors (Lipinski definition) is 2. The lowest BCUT2D eigenvalue weighted by Gasteiger charge is -2.24. The summed E-state index contributed by atoms with van der Waals surface area (Å²) in [5.41, 5.74) is 0. The molecule has 0 aromatic rings. The lowest BCUT2D eigenvalue weighted by molar-refractivity contribution is 0.331. The summed E-state index contributed by atoms with van der Waals surface area (Å²) in [6.07, 6.45) is 3.30. The zero-order chi connectivity index (χ0) is 8.77. The monoisotopic (exact) mass is 190 g/mol. The highest BCUT2D eigenvalue weighted by Crippen LogP contribution is 2.43. The zero-order valence-electron chi connectivity index (χ0n) is 7.16. The highest BCUT2D eigenvalue weighted by molar-refractivity contribution is 7.87. The van der Waals surface area contributed by atoms with Gasteiger partial charge in [-0.05, 0) is 25.2 Å². The van der Waals surface area contributed by atoms with Gasteiger partial charge in [-0.3, -0.25) is 0 Å². The van der Waals surface area contributed by atoms with Crippen LogP contribution in [-0.4, -0.2) is 32.4 Å². The number of nitrogens with zero attached hydrogens (tertiary/aromatic N) is 1. The van der Waals surface area contributed by atoms with Gasteiger partial charge in [-0.15, -0.1) is 0 Å². The van der Waals surface area contributed by atoms with E-state index in [1.807, 2.05) is 0 Å². The number of hydrogen-bond donors (Lipinski definition) is 1. The first-order valence-electron chi connectivity index (χ1n) is 4.35. The largest absolute Gasteiger partial charge is 0.279 e. The van der Waals surface area contributed by atoms with Gasteiger partial charge < -0.3 is 0 Å². The van der Waals surface area contributed by atoms with Crippen LogP contribution in [-0.2, 0) is 10.2 Å². The van der Waals surface area contributed by atoms with Crippen molar-refractivity contribution in [1.29, 1.82) is 0 Å². The Morgan fingerprint density at radius 1 is 1.50 bits per heavy atom. The smallest absolute Gasteiger partial charge is 0.205 e. The van der Waals surface area contributed by atoms with Crippen LogP contribution in [0.1, 0.15) is 19.3 Å². The third-order valence-corrected chi connectivity index (χ3v) is 4.36. The molecule has 0 unspecified atom stereocenters. The van der Waals surface area contributed by atoms with Gasteiger partial charge in [0.05, 0.1) is 0 Å². The van der Waals surface area contributed by atoms with E-state index in [1.54, 1.807) is 4.31 Å². The van der Waals surface area contributed by atoms with Crippen LogP contribution in [0, 0.1) is 5.92 Å². The Kier molecular flexibility index (Phi) is 1.89. The molecule has 5 heteroatoms. The van der Waals surface area contributed by atoms with Crippen LogP contribution in [0.5, 0.6) is 0 Å². The van der Waals surface area contributed by atoms with E-state index in [0.717, 1.165) is 12.8 Å². The van der Waals surface area contributed by atoms with Crippen molar-refractivity contribution < 1.29 is 8.42 Å². The summed E-state index contributed by atoms with van der Waals surface area (Å²) in [6.45, 7) is 0.699. The van der Waals surface area contributed by atoms with Gasteiger partial charge in [-0.1, -0.05) is 0 Å². The minimum atomic E-state index is -3.15. The number of piperidine rings is 1. The standard InChI is InChI=1S/C7H14N2O2S/c1-8-12(10,11)9-4-2-3-6-5-7(6)9/h6-8H,2-5H2,1H3/t6-,7+/m1/s1. The van der Waals surface area contributed by atoms with Crippen LogP contribution in [0.3, 0.4) is 0 Å². The number of nitrogens with one attached hydrogen (secondary N) is 1. The normalized spacial score (nSPS) is 36.1. The molecule has 0 bridgehead atoms. The maximum Gasteiger partial charge on any atom is 0.279 e. The second kappa shape index (κ2) is 2.68. The van der Waals surface area contributed by atoms with Crippen LogP contribution in [0.15, 0.2) is 0 Å². The molecule has 0 amide bonds. The van der Waals surface area contributed by atoms with E-state index >= 15 is 0 Å². The summed E-state index contributed by atoms with van der Waals surface area (Å²) in [5, 5.41) is 0. The highest BCUT2D eigenvalue weighted by atomic mass is 32.2. The fourth-order valence-electron chi connectivity index (χ4n) is 1.99. The SMILES string of the molecule is CNS(=O)(=O)N1CCC[C@@H]2C[C@@H]21. The molecule has 12 heavy (non-hydrogen) atoms. The molecular weight excluding hydrogens is 176 g/mol. The first kappa shape index (κ1) is 8.47. The van der Waals surface area contributed by atoms with Gasteiger partial charge in [-0.2, -0.15) is 12.7 Å². The van der Waals surface area contributed by atoms with Gasteiger partial charge in [0.2, 0.25) is 0 Å². The molecule has 1 aliphatic heterocycles. The fraction of sp³-hybridized carbons (Fsp3) is 1.00. The first-order valence-corrected chi connectivity index (χ1v) is 5.79. The highest BCUT2D eigenvalue weighted by Gasteiger charge is 2.48. The molecule has 2 aliphatic rings. The Morgan fingerprint density at radius 2 is 2.25 bits per heavy atom. The first-order chi connectivity index (χ1) is 5.65. The summed E-state index contributed by atoms with van der Waals surface area (Å²) < 4.78 is 26.8. The summed E-state index contributed by atoms with van der Waals surface area (Å²) in [4.78, 5) is 0. The van der Waals surface area contributed by atoms with Crippen LogP contribution in [0.4, 0.5) is 0 Å². The summed E-state index contributed by atoms with van der Waals surface area (Å²) >= 11 is 0. The quantitative estimate of drug-likeness (QED) is 0.663. The Balaban J connectivity index is 2.13. The van der Waals surface area contributed by atoms with Gasteiger partial charge in [-0.25, -0.2) is 4.72 Å². The Bertz CT molecular complexity index is 275. The van der Waals surface area contributed by atoms with E-state index in [-0.39, 0.29) is 0 Å². The molecule has 1 saturated carbocycles. The number of rotatable bonds is 2. The van der Waals surface area contributed by atoms with Crippen LogP contribution in [0.2, 0.25) is 0 Å². The Hall–Kier alpha value is -0.130. The molecule has 2 rings (SSSR count). The Morgan fingerprint density at radius 3 is 2.92 bits per heavy atom. The Labute approximate surface area is 73.1 Å². The van der Waals surface area contributed by atoms with E-state index in [0.29, 0.717) is 18.5 Å². The van der Waals surface area contributed by atoms with Crippen molar-refractivity contribution in [1.82, 2.24) is 9.03 Å². The van der Waals surface area contributed by atoms with Crippen LogP contribution in [0.25, 0.3) is 0 Å². The van der Waals surface area contributed by atoms with E-state index in [2.05, 4.69) is 4.72 Å².